The molecular formula is C14H29N. The minimum atomic E-state index is 0.808. The summed E-state index contributed by atoms with van der Waals surface area (Å²) in [6, 6.07) is 0.808. The Bertz CT molecular complexity index is 145. The van der Waals surface area contributed by atoms with Crippen LogP contribution in [-0.4, -0.2) is 12.6 Å². The maximum absolute atomic E-state index is 3.72. The van der Waals surface area contributed by atoms with Crippen LogP contribution >= 0.6 is 0 Å². The lowest BCUT2D eigenvalue weighted by molar-refractivity contribution is 0.291. The van der Waals surface area contributed by atoms with Crippen molar-refractivity contribution < 1.29 is 0 Å². The predicted octanol–water partition coefficient (Wildman–Crippen LogP) is 3.98. The molecule has 1 saturated carbocycles. The zero-order valence-corrected chi connectivity index (χ0v) is 10.9. The van der Waals surface area contributed by atoms with Crippen molar-refractivity contribution in [3.63, 3.8) is 0 Å². The fraction of sp³-hybridized carbons (Fsp3) is 1.00. The average molecular weight is 211 g/mol. The van der Waals surface area contributed by atoms with Gasteiger partial charge in [-0.3, -0.25) is 0 Å². The van der Waals surface area contributed by atoms with Crippen molar-refractivity contribution in [3.8, 4) is 0 Å². The van der Waals surface area contributed by atoms with Crippen LogP contribution in [0.3, 0.4) is 0 Å². The monoisotopic (exact) mass is 211 g/mol. The van der Waals surface area contributed by atoms with E-state index in [1.54, 1.807) is 0 Å². The van der Waals surface area contributed by atoms with Gasteiger partial charge < -0.3 is 5.32 Å². The molecule has 0 radical (unpaired) electrons. The molecule has 0 aliphatic heterocycles. The van der Waals surface area contributed by atoms with Crippen LogP contribution in [0.25, 0.3) is 0 Å². The molecule has 1 heteroatoms. The maximum atomic E-state index is 3.72. The van der Waals surface area contributed by atoms with Crippen LogP contribution in [0.2, 0.25) is 0 Å². The fourth-order valence-electron chi connectivity index (χ4n) is 2.71. The topological polar surface area (TPSA) is 12.0 Å². The van der Waals surface area contributed by atoms with Gasteiger partial charge in [0, 0.05) is 6.04 Å². The lowest BCUT2D eigenvalue weighted by atomic mass is 9.87. The summed E-state index contributed by atoms with van der Waals surface area (Å²) in [6.45, 7) is 8.03. The summed E-state index contributed by atoms with van der Waals surface area (Å²) in [5.74, 6) is 1.99. The molecule has 1 fully saturated rings. The Labute approximate surface area is 96.0 Å². The van der Waals surface area contributed by atoms with E-state index in [0.29, 0.717) is 0 Å². The molecule has 15 heavy (non-hydrogen) atoms. The zero-order chi connectivity index (χ0) is 11.1. The average Bonchev–Trinajstić information content (AvgIpc) is 3.01. The van der Waals surface area contributed by atoms with Crippen LogP contribution in [0.15, 0.2) is 0 Å². The van der Waals surface area contributed by atoms with Gasteiger partial charge in [-0.1, -0.05) is 46.5 Å². The van der Waals surface area contributed by atoms with Crippen LogP contribution < -0.4 is 5.32 Å². The highest BCUT2D eigenvalue weighted by Gasteiger charge is 2.28. The third-order valence-corrected chi connectivity index (χ3v) is 3.64. The zero-order valence-electron chi connectivity index (χ0n) is 10.9. The standard InChI is InChI=1S/C14H29N/c1-4-7-13(8-5-2)14(15-6-3)11-12-9-10-12/h12-15H,4-11H2,1-3H3. The van der Waals surface area contributed by atoms with E-state index in [9.17, 15) is 0 Å². The van der Waals surface area contributed by atoms with Gasteiger partial charge in [0.1, 0.15) is 0 Å². The highest BCUT2D eigenvalue weighted by atomic mass is 14.9. The van der Waals surface area contributed by atoms with E-state index in [1.165, 1.54) is 44.9 Å². The lowest BCUT2D eigenvalue weighted by Crippen LogP contribution is -2.36. The van der Waals surface area contributed by atoms with Crippen LogP contribution in [0, 0.1) is 11.8 Å². The summed E-state index contributed by atoms with van der Waals surface area (Å²) in [5.41, 5.74) is 0. The largest absolute Gasteiger partial charge is 0.314 e. The van der Waals surface area contributed by atoms with E-state index in [-0.39, 0.29) is 0 Å². The summed E-state index contributed by atoms with van der Waals surface area (Å²) >= 11 is 0. The van der Waals surface area contributed by atoms with Gasteiger partial charge >= 0.3 is 0 Å². The molecule has 0 heterocycles. The molecule has 1 unspecified atom stereocenters. The van der Waals surface area contributed by atoms with E-state index < -0.39 is 0 Å². The summed E-state index contributed by atoms with van der Waals surface area (Å²) in [7, 11) is 0. The summed E-state index contributed by atoms with van der Waals surface area (Å²) < 4.78 is 0. The first-order valence-electron chi connectivity index (χ1n) is 7.05. The summed E-state index contributed by atoms with van der Waals surface area (Å²) in [4.78, 5) is 0. The second-order valence-electron chi connectivity index (χ2n) is 5.18. The Morgan fingerprint density at radius 2 is 1.67 bits per heavy atom. The molecule has 0 amide bonds. The molecule has 1 atom stereocenters. The van der Waals surface area contributed by atoms with Crippen LogP contribution in [0.4, 0.5) is 0 Å². The molecule has 90 valence electrons. The minimum Gasteiger partial charge on any atom is -0.314 e. The fourth-order valence-corrected chi connectivity index (χ4v) is 2.71. The van der Waals surface area contributed by atoms with Crippen molar-refractivity contribution in [2.24, 2.45) is 11.8 Å². The van der Waals surface area contributed by atoms with Crippen molar-refractivity contribution in [1.29, 1.82) is 0 Å². The van der Waals surface area contributed by atoms with Gasteiger partial charge in [-0.05, 0) is 37.6 Å². The number of rotatable bonds is 9. The van der Waals surface area contributed by atoms with E-state index in [4.69, 9.17) is 0 Å². The van der Waals surface area contributed by atoms with Crippen molar-refractivity contribution in [3.05, 3.63) is 0 Å². The van der Waals surface area contributed by atoms with E-state index in [1.807, 2.05) is 0 Å². The minimum absolute atomic E-state index is 0.808. The van der Waals surface area contributed by atoms with Crippen molar-refractivity contribution in [2.75, 3.05) is 6.54 Å². The Kier molecular flexibility index (Phi) is 6.31. The predicted molar refractivity (Wildman–Crippen MR) is 68.1 cm³/mol. The molecule has 1 rings (SSSR count). The smallest absolute Gasteiger partial charge is 0.00978 e. The first-order valence-corrected chi connectivity index (χ1v) is 7.05. The van der Waals surface area contributed by atoms with Gasteiger partial charge in [0.2, 0.25) is 0 Å². The van der Waals surface area contributed by atoms with E-state index in [0.717, 1.165) is 24.4 Å². The first kappa shape index (κ1) is 13.0. The molecule has 0 bridgehead atoms. The lowest BCUT2D eigenvalue weighted by Gasteiger charge is -2.27. The molecular weight excluding hydrogens is 182 g/mol. The van der Waals surface area contributed by atoms with Crippen molar-refractivity contribution >= 4 is 0 Å². The van der Waals surface area contributed by atoms with Crippen LogP contribution in [-0.2, 0) is 0 Å². The maximum Gasteiger partial charge on any atom is 0.00978 e. The molecule has 0 aromatic heterocycles. The first-order chi connectivity index (χ1) is 7.31. The molecule has 0 saturated heterocycles. The van der Waals surface area contributed by atoms with E-state index >= 15 is 0 Å². The van der Waals surface area contributed by atoms with Gasteiger partial charge in [-0.25, -0.2) is 0 Å². The van der Waals surface area contributed by atoms with Gasteiger partial charge in [0.05, 0.1) is 0 Å². The van der Waals surface area contributed by atoms with Gasteiger partial charge in [-0.2, -0.15) is 0 Å². The quantitative estimate of drug-likeness (QED) is 0.608. The Balaban J connectivity index is 2.38. The third-order valence-electron chi connectivity index (χ3n) is 3.64. The van der Waals surface area contributed by atoms with Crippen LogP contribution in [0.1, 0.15) is 65.7 Å². The third kappa shape index (κ3) is 5.01. The van der Waals surface area contributed by atoms with Crippen molar-refractivity contribution in [1.82, 2.24) is 5.32 Å². The molecule has 1 N–H and O–H groups in total. The number of hydrogen-bond donors (Lipinski definition) is 1. The van der Waals surface area contributed by atoms with Gasteiger partial charge in [0.15, 0.2) is 0 Å². The normalized spacial score (nSPS) is 18.4. The number of hydrogen-bond acceptors (Lipinski definition) is 1. The second kappa shape index (κ2) is 7.27. The van der Waals surface area contributed by atoms with Crippen molar-refractivity contribution in [2.45, 2.75) is 71.8 Å². The molecule has 1 aliphatic rings. The van der Waals surface area contributed by atoms with E-state index in [2.05, 4.69) is 26.1 Å². The Morgan fingerprint density at radius 1 is 1.07 bits per heavy atom. The molecule has 1 aliphatic carbocycles. The molecule has 0 aromatic carbocycles. The molecule has 0 spiro atoms. The summed E-state index contributed by atoms with van der Waals surface area (Å²) in [5, 5.41) is 3.72. The highest BCUT2D eigenvalue weighted by molar-refractivity contribution is 4.84. The van der Waals surface area contributed by atoms with Gasteiger partial charge in [0.25, 0.3) is 0 Å². The number of nitrogens with one attached hydrogen (secondary N) is 1. The van der Waals surface area contributed by atoms with Crippen LogP contribution in [0.5, 0.6) is 0 Å². The second-order valence-corrected chi connectivity index (χ2v) is 5.18. The molecule has 0 aromatic rings. The Hall–Kier alpha value is -0.0400. The summed E-state index contributed by atoms with van der Waals surface area (Å²) in [6.07, 6.45) is 9.95. The Morgan fingerprint density at radius 3 is 2.07 bits per heavy atom. The SMILES string of the molecule is CCCC(CCC)C(CC1CC1)NCC. The molecule has 1 nitrogen and oxygen atoms in total. The van der Waals surface area contributed by atoms with Gasteiger partial charge in [-0.15, -0.1) is 0 Å². The highest BCUT2D eigenvalue weighted by Crippen LogP contribution is 2.36.